The summed E-state index contributed by atoms with van der Waals surface area (Å²) < 4.78 is 0. The molecule has 2 amide bonds. The van der Waals surface area contributed by atoms with Crippen LogP contribution in [0.3, 0.4) is 0 Å². The van der Waals surface area contributed by atoms with Crippen molar-refractivity contribution in [3.63, 3.8) is 0 Å². The molecular formula is C21H33N5O. The topological polar surface area (TPSA) is 60.5 Å². The molecule has 3 fully saturated rings. The maximum Gasteiger partial charge on any atom is 0.319 e. The van der Waals surface area contributed by atoms with Gasteiger partial charge >= 0.3 is 6.03 Å². The number of rotatable bonds is 4. The predicted molar refractivity (Wildman–Crippen MR) is 109 cm³/mol. The summed E-state index contributed by atoms with van der Waals surface area (Å²) in [4.78, 5) is 21.8. The zero-order valence-electron chi connectivity index (χ0n) is 16.3. The van der Waals surface area contributed by atoms with Crippen molar-refractivity contribution in [3.05, 3.63) is 18.3 Å². The highest BCUT2D eigenvalue weighted by atomic mass is 16.2. The van der Waals surface area contributed by atoms with Crippen molar-refractivity contribution in [2.45, 2.75) is 69.9 Å². The lowest BCUT2D eigenvalue weighted by Crippen LogP contribution is -2.50. The number of hydrogen-bond donors (Lipinski definition) is 2. The number of nitrogens with one attached hydrogen (secondary N) is 2. The number of urea groups is 1. The molecule has 148 valence electrons. The van der Waals surface area contributed by atoms with Gasteiger partial charge in [0.2, 0.25) is 0 Å². The third-order valence-electron chi connectivity index (χ3n) is 6.43. The Morgan fingerprint density at radius 3 is 2.30 bits per heavy atom. The van der Waals surface area contributed by atoms with E-state index in [4.69, 9.17) is 0 Å². The van der Waals surface area contributed by atoms with E-state index in [9.17, 15) is 4.79 Å². The first-order valence-electron chi connectivity index (χ1n) is 10.8. The van der Waals surface area contributed by atoms with Gasteiger partial charge in [-0.2, -0.15) is 0 Å². The fraction of sp³-hybridized carbons (Fsp3) is 0.714. The van der Waals surface area contributed by atoms with Crippen LogP contribution in [0.5, 0.6) is 0 Å². The Kier molecular flexibility index (Phi) is 6.12. The van der Waals surface area contributed by atoms with Crippen molar-refractivity contribution in [2.75, 3.05) is 36.4 Å². The fourth-order valence-corrected chi connectivity index (χ4v) is 4.83. The molecule has 1 aromatic rings. The summed E-state index contributed by atoms with van der Waals surface area (Å²) in [6, 6.07) is 5.02. The largest absolute Gasteiger partial charge is 0.354 e. The van der Waals surface area contributed by atoms with Crippen LogP contribution < -0.4 is 15.5 Å². The number of carbonyl (C=O) groups is 1. The van der Waals surface area contributed by atoms with Crippen LogP contribution in [0.1, 0.15) is 57.8 Å². The van der Waals surface area contributed by atoms with Crippen LogP contribution in [0, 0.1) is 0 Å². The average molecular weight is 372 g/mol. The molecule has 2 heterocycles. The van der Waals surface area contributed by atoms with Gasteiger partial charge in [-0.05, 0) is 37.8 Å². The first-order valence-corrected chi connectivity index (χ1v) is 10.8. The molecule has 1 aliphatic heterocycles. The van der Waals surface area contributed by atoms with Crippen molar-refractivity contribution in [1.29, 1.82) is 0 Å². The van der Waals surface area contributed by atoms with Crippen LogP contribution >= 0.6 is 0 Å². The van der Waals surface area contributed by atoms with E-state index in [0.717, 1.165) is 56.6 Å². The van der Waals surface area contributed by atoms with Crippen LogP contribution in [-0.2, 0) is 0 Å². The molecule has 1 saturated heterocycles. The third-order valence-corrected chi connectivity index (χ3v) is 6.43. The number of hydrogen-bond acceptors (Lipinski definition) is 4. The number of piperazine rings is 1. The lowest BCUT2D eigenvalue weighted by atomic mass is 9.96. The van der Waals surface area contributed by atoms with Crippen molar-refractivity contribution < 1.29 is 4.79 Å². The molecule has 0 bridgehead atoms. The number of amides is 2. The van der Waals surface area contributed by atoms with Crippen LogP contribution in [-0.4, -0.2) is 54.2 Å². The third kappa shape index (κ3) is 4.92. The number of anilines is 2. The molecule has 0 atom stereocenters. The summed E-state index contributed by atoms with van der Waals surface area (Å²) in [5.41, 5.74) is 0.761. The molecular weight excluding hydrogens is 338 g/mol. The van der Waals surface area contributed by atoms with Gasteiger partial charge in [-0.25, -0.2) is 9.78 Å². The van der Waals surface area contributed by atoms with E-state index in [1.54, 1.807) is 6.20 Å². The normalized spacial score (nSPS) is 22.7. The fourth-order valence-electron chi connectivity index (χ4n) is 4.83. The van der Waals surface area contributed by atoms with Crippen molar-refractivity contribution in [3.8, 4) is 0 Å². The minimum Gasteiger partial charge on any atom is -0.354 e. The number of aromatic nitrogens is 1. The molecule has 0 aromatic carbocycles. The van der Waals surface area contributed by atoms with Gasteiger partial charge in [-0.15, -0.1) is 0 Å². The summed E-state index contributed by atoms with van der Waals surface area (Å²) in [5, 5.41) is 6.01. The Balaban J connectivity index is 1.24. The summed E-state index contributed by atoms with van der Waals surface area (Å²) in [6.07, 6.45) is 13.2. The molecule has 2 aliphatic carbocycles. The monoisotopic (exact) mass is 371 g/mol. The van der Waals surface area contributed by atoms with Gasteiger partial charge in [0.25, 0.3) is 0 Å². The molecule has 6 nitrogen and oxygen atoms in total. The van der Waals surface area contributed by atoms with Crippen LogP contribution in [0.25, 0.3) is 0 Å². The van der Waals surface area contributed by atoms with Gasteiger partial charge < -0.3 is 15.5 Å². The Labute approximate surface area is 162 Å². The number of pyridine rings is 1. The second-order valence-electron chi connectivity index (χ2n) is 8.30. The van der Waals surface area contributed by atoms with E-state index < -0.39 is 0 Å². The SMILES string of the molecule is O=C(Nc1ccc(N2CCN(C3CCCC3)CC2)nc1)NC1CCCCC1. The van der Waals surface area contributed by atoms with Gasteiger partial charge in [-0.3, -0.25) is 4.90 Å². The summed E-state index contributed by atoms with van der Waals surface area (Å²) in [5.74, 6) is 1.01. The minimum absolute atomic E-state index is 0.110. The summed E-state index contributed by atoms with van der Waals surface area (Å²) >= 11 is 0. The Hall–Kier alpha value is -1.82. The minimum atomic E-state index is -0.110. The van der Waals surface area contributed by atoms with Crippen LogP contribution in [0.15, 0.2) is 18.3 Å². The molecule has 3 aliphatic rings. The van der Waals surface area contributed by atoms with Gasteiger partial charge in [0.15, 0.2) is 0 Å². The van der Waals surface area contributed by atoms with Crippen LogP contribution in [0.2, 0.25) is 0 Å². The van der Waals surface area contributed by atoms with Gasteiger partial charge in [0, 0.05) is 38.3 Å². The first kappa shape index (κ1) is 18.5. The smallest absolute Gasteiger partial charge is 0.319 e. The molecule has 2 saturated carbocycles. The van der Waals surface area contributed by atoms with E-state index in [2.05, 4.69) is 25.4 Å². The average Bonchev–Trinajstić information content (AvgIpc) is 3.24. The molecule has 0 spiro atoms. The first-order chi connectivity index (χ1) is 13.3. The Bertz CT molecular complexity index is 600. The lowest BCUT2D eigenvalue weighted by molar-refractivity contribution is 0.187. The highest BCUT2D eigenvalue weighted by Crippen LogP contribution is 2.25. The molecule has 2 N–H and O–H groups in total. The summed E-state index contributed by atoms with van der Waals surface area (Å²) in [6.45, 7) is 4.35. The van der Waals surface area contributed by atoms with E-state index in [0.29, 0.717) is 6.04 Å². The molecule has 0 radical (unpaired) electrons. The van der Waals surface area contributed by atoms with E-state index in [1.165, 1.54) is 44.9 Å². The maximum absolute atomic E-state index is 12.2. The zero-order valence-corrected chi connectivity index (χ0v) is 16.3. The molecule has 6 heteroatoms. The molecule has 0 unspecified atom stereocenters. The quantitative estimate of drug-likeness (QED) is 0.849. The number of carbonyl (C=O) groups excluding carboxylic acids is 1. The van der Waals surface area contributed by atoms with E-state index in [1.807, 2.05) is 12.1 Å². The summed E-state index contributed by atoms with van der Waals surface area (Å²) in [7, 11) is 0. The van der Waals surface area contributed by atoms with Gasteiger partial charge in [0.05, 0.1) is 11.9 Å². The van der Waals surface area contributed by atoms with Crippen LogP contribution in [0.4, 0.5) is 16.3 Å². The standard InChI is InChI=1S/C21H33N5O/c27-21(23-17-6-2-1-3-7-17)24-18-10-11-20(22-16-18)26-14-12-25(13-15-26)19-8-4-5-9-19/h10-11,16-17,19H,1-9,12-15H2,(H2,23,24,27). The molecule has 1 aromatic heterocycles. The predicted octanol–water partition coefficient (Wildman–Crippen LogP) is 3.60. The van der Waals surface area contributed by atoms with Crippen molar-refractivity contribution in [2.24, 2.45) is 0 Å². The van der Waals surface area contributed by atoms with Gasteiger partial charge in [0.1, 0.15) is 5.82 Å². The second kappa shape index (κ2) is 8.91. The zero-order chi connectivity index (χ0) is 18.5. The van der Waals surface area contributed by atoms with Gasteiger partial charge in [-0.1, -0.05) is 32.1 Å². The maximum atomic E-state index is 12.2. The lowest BCUT2D eigenvalue weighted by Gasteiger charge is -2.38. The van der Waals surface area contributed by atoms with E-state index in [-0.39, 0.29) is 6.03 Å². The molecule has 27 heavy (non-hydrogen) atoms. The molecule has 4 rings (SSSR count). The highest BCUT2D eigenvalue weighted by Gasteiger charge is 2.26. The van der Waals surface area contributed by atoms with Crippen molar-refractivity contribution in [1.82, 2.24) is 15.2 Å². The highest BCUT2D eigenvalue weighted by molar-refractivity contribution is 5.89. The second-order valence-corrected chi connectivity index (χ2v) is 8.30. The number of nitrogens with zero attached hydrogens (tertiary/aromatic N) is 3. The Morgan fingerprint density at radius 2 is 1.63 bits per heavy atom. The van der Waals surface area contributed by atoms with Crippen molar-refractivity contribution >= 4 is 17.5 Å². The van der Waals surface area contributed by atoms with E-state index >= 15 is 0 Å². The Morgan fingerprint density at radius 1 is 0.926 bits per heavy atom.